The SMILES string of the molecule is Cc1cn(-c2nccc3[nH]c(-c4n[nH]c5ccc(-c6cncc(N)c6)nc45)cc23)cn1. The minimum absolute atomic E-state index is 0.595. The molecule has 0 aliphatic heterocycles. The van der Waals surface area contributed by atoms with Gasteiger partial charge in [-0.2, -0.15) is 5.10 Å². The predicted octanol–water partition coefficient (Wildman–Crippen LogP) is 3.64. The fourth-order valence-electron chi connectivity index (χ4n) is 3.75. The second-order valence-corrected chi connectivity index (χ2v) is 7.37. The summed E-state index contributed by atoms with van der Waals surface area (Å²) in [7, 11) is 0. The number of nitrogens with two attached hydrogens (primary N) is 1. The van der Waals surface area contributed by atoms with Crippen LogP contribution in [0.2, 0.25) is 0 Å². The van der Waals surface area contributed by atoms with Gasteiger partial charge in [-0.3, -0.25) is 14.6 Å². The van der Waals surface area contributed by atoms with Gasteiger partial charge in [0.05, 0.1) is 33.8 Å². The first-order valence-electron chi connectivity index (χ1n) is 9.71. The Labute approximate surface area is 176 Å². The molecule has 31 heavy (non-hydrogen) atoms. The van der Waals surface area contributed by atoms with E-state index in [1.54, 1.807) is 24.9 Å². The Morgan fingerprint density at radius 2 is 1.97 bits per heavy atom. The first-order chi connectivity index (χ1) is 15.2. The van der Waals surface area contributed by atoms with E-state index in [0.717, 1.165) is 56.1 Å². The van der Waals surface area contributed by atoms with Crippen molar-refractivity contribution in [2.45, 2.75) is 6.92 Å². The van der Waals surface area contributed by atoms with Crippen LogP contribution in [0.25, 0.3) is 50.4 Å². The van der Waals surface area contributed by atoms with Crippen LogP contribution in [0.4, 0.5) is 5.69 Å². The number of hydrogen-bond donors (Lipinski definition) is 3. The second-order valence-electron chi connectivity index (χ2n) is 7.37. The zero-order valence-electron chi connectivity index (χ0n) is 16.5. The summed E-state index contributed by atoms with van der Waals surface area (Å²) in [5.74, 6) is 0.805. The molecule has 0 aliphatic rings. The Hall–Kier alpha value is -4.53. The highest BCUT2D eigenvalue weighted by Gasteiger charge is 2.16. The number of aromatic amines is 2. The summed E-state index contributed by atoms with van der Waals surface area (Å²) in [4.78, 5) is 21.3. The summed E-state index contributed by atoms with van der Waals surface area (Å²) in [6.07, 6.45) is 8.85. The third-order valence-electron chi connectivity index (χ3n) is 5.20. The van der Waals surface area contributed by atoms with E-state index < -0.39 is 0 Å². The van der Waals surface area contributed by atoms with Gasteiger partial charge in [-0.25, -0.2) is 15.0 Å². The average Bonchev–Trinajstić information content (AvgIpc) is 3.50. The maximum absolute atomic E-state index is 5.89. The highest BCUT2D eigenvalue weighted by Crippen LogP contribution is 2.31. The molecule has 6 heterocycles. The number of rotatable bonds is 3. The number of aromatic nitrogens is 8. The van der Waals surface area contributed by atoms with E-state index >= 15 is 0 Å². The van der Waals surface area contributed by atoms with E-state index in [1.165, 1.54) is 0 Å². The molecule has 0 aromatic carbocycles. The van der Waals surface area contributed by atoms with Crippen LogP contribution in [0.15, 0.2) is 61.4 Å². The summed E-state index contributed by atoms with van der Waals surface area (Å²) < 4.78 is 1.92. The number of hydrogen-bond acceptors (Lipinski definition) is 6. The van der Waals surface area contributed by atoms with Crippen molar-refractivity contribution in [2.24, 2.45) is 0 Å². The predicted molar refractivity (Wildman–Crippen MR) is 118 cm³/mol. The third kappa shape index (κ3) is 2.83. The fraction of sp³-hybridized carbons (Fsp3) is 0.0455. The number of nitrogen functional groups attached to an aromatic ring is 1. The van der Waals surface area contributed by atoms with Crippen molar-refractivity contribution < 1.29 is 0 Å². The lowest BCUT2D eigenvalue weighted by molar-refractivity contribution is 1.01. The topological polar surface area (TPSA) is 127 Å². The van der Waals surface area contributed by atoms with E-state index in [-0.39, 0.29) is 0 Å². The Morgan fingerprint density at radius 1 is 1.03 bits per heavy atom. The van der Waals surface area contributed by atoms with Crippen LogP contribution in [0, 0.1) is 6.92 Å². The maximum Gasteiger partial charge on any atom is 0.147 e. The minimum atomic E-state index is 0.595. The summed E-state index contributed by atoms with van der Waals surface area (Å²) in [6.45, 7) is 1.95. The zero-order chi connectivity index (χ0) is 20.9. The molecule has 9 nitrogen and oxygen atoms in total. The molecule has 150 valence electrons. The number of nitrogens with zero attached hydrogens (tertiary/aromatic N) is 6. The molecule has 6 aromatic heterocycles. The summed E-state index contributed by atoms with van der Waals surface area (Å²) in [5, 5.41) is 8.56. The van der Waals surface area contributed by atoms with Crippen LogP contribution in [0.5, 0.6) is 0 Å². The molecule has 0 saturated heterocycles. The Bertz CT molecular complexity index is 1570. The van der Waals surface area contributed by atoms with Crippen molar-refractivity contribution in [3.05, 3.63) is 67.1 Å². The summed E-state index contributed by atoms with van der Waals surface area (Å²) in [5.41, 5.74) is 13.2. The third-order valence-corrected chi connectivity index (χ3v) is 5.20. The van der Waals surface area contributed by atoms with Crippen LogP contribution in [0.1, 0.15) is 5.69 Å². The van der Waals surface area contributed by atoms with Crippen molar-refractivity contribution in [3.63, 3.8) is 0 Å². The monoisotopic (exact) mass is 407 g/mol. The lowest BCUT2D eigenvalue weighted by atomic mass is 10.1. The Kier molecular flexibility index (Phi) is 3.63. The van der Waals surface area contributed by atoms with Gasteiger partial charge in [0.15, 0.2) is 0 Å². The summed E-state index contributed by atoms with van der Waals surface area (Å²) in [6, 6.07) is 9.72. The molecule has 0 aliphatic carbocycles. The molecule has 0 saturated carbocycles. The quantitative estimate of drug-likeness (QED) is 0.411. The van der Waals surface area contributed by atoms with E-state index in [9.17, 15) is 0 Å². The van der Waals surface area contributed by atoms with E-state index in [4.69, 9.17) is 10.7 Å². The number of anilines is 1. The fourth-order valence-corrected chi connectivity index (χ4v) is 3.75. The van der Waals surface area contributed by atoms with Gasteiger partial charge in [-0.15, -0.1) is 0 Å². The number of fused-ring (bicyclic) bond motifs is 2. The first kappa shape index (κ1) is 17.3. The van der Waals surface area contributed by atoms with Crippen LogP contribution in [-0.2, 0) is 0 Å². The normalized spacial score (nSPS) is 11.5. The van der Waals surface area contributed by atoms with Crippen molar-refractivity contribution >= 4 is 27.6 Å². The number of imidazole rings is 1. The zero-order valence-corrected chi connectivity index (χ0v) is 16.5. The van der Waals surface area contributed by atoms with Crippen LogP contribution in [0.3, 0.4) is 0 Å². The molecule has 0 unspecified atom stereocenters. The van der Waals surface area contributed by atoms with Gasteiger partial charge >= 0.3 is 0 Å². The number of H-pyrrole nitrogens is 2. The lowest BCUT2D eigenvalue weighted by Gasteiger charge is -2.02. The Morgan fingerprint density at radius 3 is 2.81 bits per heavy atom. The molecule has 0 fully saturated rings. The molecule has 0 amide bonds. The van der Waals surface area contributed by atoms with Crippen molar-refractivity contribution in [1.82, 2.24) is 39.7 Å². The van der Waals surface area contributed by atoms with E-state index in [1.807, 2.05) is 48.0 Å². The standard InChI is InChI=1S/C22H17N9/c1-12-10-31(11-26-12)22-15-7-19(27-17(15)4-5-25-22)21-20-18(29-30-21)3-2-16(28-20)13-6-14(23)9-24-8-13/h2-11,27H,23H2,1H3,(H,29,30). The van der Waals surface area contributed by atoms with Crippen LogP contribution >= 0.6 is 0 Å². The van der Waals surface area contributed by atoms with Gasteiger partial charge in [0.2, 0.25) is 0 Å². The highest BCUT2D eigenvalue weighted by molar-refractivity contribution is 5.96. The van der Waals surface area contributed by atoms with E-state index in [0.29, 0.717) is 5.69 Å². The highest BCUT2D eigenvalue weighted by atomic mass is 15.1. The molecule has 4 N–H and O–H groups in total. The molecule has 9 heteroatoms. The van der Waals surface area contributed by atoms with Gasteiger partial charge in [-0.05, 0) is 37.3 Å². The number of nitrogens with one attached hydrogen (secondary N) is 2. The number of pyridine rings is 3. The van der Waals surface area contributed by atoms with Crippen molar-refractivity contribution in [3.8, 4) is 28.5 Å². The lowest BCUT2D eigenvalue weighted by Crippen LogP contribution is -1.94. The molecule has 6 aromatic rings. The van der Waals surface area contributed by atoms with Gasteiger partial charge in [0.1, 0.15) is 23.4 Å². The summed E-state index contributed by atoms with van der Waals surface area (Å²) >= 11 is 0. The minimum Gasteiger partial charge on any atom is -0.397 e. The molecular weight excluding hydrogens is 390 g/mol. The van der Waals surface area contributed by atoms with Gasteiger partial charge < -0.3 is 10.7 Å². The molecule has 0 atom stereocenters. The maximum atomic E-state index is 5.89. The number of aryl methyl sites for hydroxylation is 1. The van der Waals surface area contributed by atoms with E-state index in [2.05, 4.69) is 30.1 Å². The molecule has 0 bridgehead atoms. The van der Waals surface area contributed by atoms with Gasteiger partial charge in [0.25, 0.3) is 0 Å². The van der Waals surface area contributed by atoms with Crippen molar-refractivity contribution in [1.29, 1.82) is 0 Å². The van der Waals surface area contributed by atoms with Crippen LogP contribution in [-0.4, -0.2) is 39.7 Å². The van der Waals surface area contributed by atoms with Gasteiger partial charge in [-0.1, -0.05) is 0 Å². The average molecular weight is 407 g/mol. The first-order valence-corrected chi connectivity index (χ1v) is 9.71. The van der Waals surface area contributed by atoms with Crippen LogP contribution < -0.4 is 5.73 Å². The Balaban J connectivity index is 1.51. The molecule has 6 rings (SSSR count). The van der Waals surface area contributed by atoms with Crippen molar-refractivity contribution in [2.75, 3.05) is 5.73 Å². The molecule has 0 spiro atoms. The smallest absolute Gasteiger partial charge is 0.147 e. The molecule has 0 radical (unpaired) electrons. The largest absolute Gasteiger partial charge is 0.397 e. The van der Waals surface area contributed by atoms with Gasteiger partial charge in [0, 0.05) is 35.7 Å². The second kappa shape index (κ2) is 6.49. The molecular formula is C22H17N9.